The van der Waals surface area contributed by atoms with Gasteiger partial charge in [-0.3, -0.25) is 0 Å². The summed E-state index contributed by atoms with van der Waals surface area (Å²) in [7, 11) is 1.43. The molecule has 0 radical (unpaired) electrons. The van der Waals surface area contributed by atoms with Crippen LogP contribution in [0.25, 0.3) is 0 Å². The van der Waals surface area contributed by atoms with E-state index in [0.29, 0.717) is 0 Å². The smallest absolute Gasteiger partial charge is 0.328 e. The Bertz CT molecular complexity index is 400. The van der Waals surface area contributed by atoms with E-state index in [0.717, 1.165) is 35.4 Å². The van der Waals surface area contributed by atoms with Crippen LogP contribution in [0.1, 0.15) is 30.4 Å². The minimum Gasteiger partial charge on any atom is -0.467 e. The molecule has 0 saturated carbocycles. The number of hydrogen-bond acceptors (Lipinski definition) is 3. The highest BCUT2D eigenvalue weighted by Gasteiger charge is 2.30. The van der Waals surface area contributed by atoms with Gasteiger partial charge in [-0.05, 0) is 42.1 Å². The van der Waals surface area contributed by atoms with Crippen LogP contribution >= 0.6 is 15.9 Å². The van der Waals surface area contributed by atoms with Crippen molar-refractivity contribution in [1.82, 2.24) is 9.55 Å². The first-order valence-electron chi connectivity index (χ1n) is 4.96. The van der Waals surface area contributed by atoms with Gasteiger partial charge in [0, 0.05) is 0 Å². The molecule has 0 fully saturated rings. The normalized spacial score (nSPS) is 19.8. The summed E-state index contributed by atoms with van der Waals surface area (Å²) >= 11 is 3.42. The molecule has 0 bridgehead atoms. The minimum absolute atomic E-state index is 0.177. The van der Waals surface area contributed by atoms with Crippen LogP contribution in [0.5, 0.6) is 0 Å². The quantitative estimate of drug-likeness (QED) is 0.735. The molecule has 1 aliphatic heterocycles. The van der Waals surface area contributed by atoms with Gasteiger partial charge in [0.05, 0.1) is 12.8 Å². The summed E-state index contributed by atoms with van der Waals surface area (Å²) in [6, 6.07) is -0.197. The van der Waals surface area contributed by atoms with Gasteiger partial charge in [0.1, 0.15) is 16.5 Å². The second-order valence-electron chi connectivity index (χ2n) is 3.70. The lowest BCUT2D eigenvalue weighted by Crippen LogP contribution is -2.26. The average Bonchev–Trinajstić information content (AvgIpc) is 2.54. The van der Waals surface area contributed by atoms with E-state index in [1.165, 1.54) is 7.11 Å². The molecule has 0 aromatic carbocycles. The monoisotopic (exact) mass is 272 g/mol. The van der Waals surface area contributed by atoms with E-state index in [1.54, 1.807) is 0 Å². The van der Waals surface area contributed by atoms with E-state index in [2.05, 4.69) is 20.9 Å². The molecule has 82 valence electrons. The number of esters is 1. The van der Waals surface area contributed by atoms with Crippen molar-refractivity contribution in [3.05, 3.63) is 16.1 Å². The van der Waals surface area contributed by atoms with Crippen molar-refractivity contribution in [3.8, 4) is 0 Å². The van der Waals surface area contributed by atoms with Crippen LogP contribution in [0, 0.1) is 6.92 Å². The second-order valence-corrected chi connectivity index (χ2v) is 4.45. The summed E-state index contributed by atoms with van der Waals surface area (Å²) < 4.78 is 7.65. The number of halogens is 1. The van der Waals surface area contributed by atoms with Gasteiger partial charge in [-0.25, -0.2) is 9.78 Å². The molecule has 0 amide bonds. The van der Waals surface area contributed by atoms with E-state index in [-0.39, 0.29) is 12.0 Å². The predicted octanol–water partition coefficient (Wildman–Crippen LogP) is 2.00. The topological polar surface area (TPSA) is 44.1 Å². The number of aryl methyl sites for hydroxylation is 1. The molecule has 1 aliphatic rings. The molecule has 1 atom stereocenters. The van der Waals surface area contributed by atoms with Crippen molar-refractivity contribution in [3.63, 3.8) is 0 Å². The third-order valence-electron chi connectivity index (χ3n) is 2.81. The Balaban J connectivity index is 2.46. The highest BCUT2D eigenvalue weighted by Crippen LogP contribution is 2.31. The van der Waals surface area contributed by atoms with E-state index >= 15 is 0 Å². The van der Waals surface area contributed by atoms with E-state index < -0.39 is 0 Å². The Labute approximate surface area is 96.8 Å². The van der Waals surface area contributed by atoms with Gasteiger partial charge in [-0.1, -0.05) is 0 Å². The van der Waals surface area contributed by atoms with Gasteiger partial charge in [0.2, 0.25) is 0 Å². The zero-order valence-electron chi connectivity index (χ0n) is 8.79. The van der Waals surface area contributed by atoms with E-state index in [1.807, 2.05) is 11.5 Å². The van der Waals surface area contributed by atoms with Crippen molar-refractivity contribution in [2.24, 2.45) is 0 Å². The lowest BCUT2D eigenvalue weighted by atomic mass is 10.0. The fraction of sp³-hybridized carbons (Fsp3) is 0.600. The summed E-state index contributed by atoms with van der Waals surface area (Å²) in [4.78, 5) is 15.9. The molecule has 2 rings (SSSR count). The van der Waals surface area contributed by atoms with Crippen LogP contribution in [0.4, 0.5) is 0 Å². The van der Waals surface area contributed by atoms with Crippen LogP contribution in [-0.4, -0.2) is 22.6 Å². The first-order chi connectivity index (χ1) is 7.15. The number of carbonyl (C=O) groups excluding carboxylic acids is 1. The molecular formula is C10H13BrN2O2. The van der Waals surface area contributed by atoms with Gasteiger partial charge < -0.3 is 9.30 Å². The standard InChI is InChI=1S/C10H13BrN2O2/c1-6-12-9(11)7-4-3-5-8(13(6)7)10(14)15-2/h8H,3-5H2,1-2H3. The molecule has 1 unspecified atom stereocenters. The highest BCUT2D eigenvalue weighted by molar-refractivity contribution is 9.10. The van der Waals surface area contributed by atoms with Crippen LogP contribution in [0.3, 0.4) is 0 Å². The maximum absolute atomic E-state index is 11.6. The van der Waals surface area contributed by atoms with Crippen molar-refractivity contribution in [1.29, 1.82) is 0 Å². The number of fused-ring (bicyclic) bond motifs is 1. The maximum atomic E-state index is 11.6. The fourth-order valence-electron chi connectivity index (χ4n) is 2.14. The van der Waals surface area contributed by atoms with Crippen molar-refractivity contribution >= 4 is 21.9 Å². The molecule has 0 spiro atoms. The Morgan fingerprint density at radius 2 is 2.40 bits per heavy atom. The number of ether oxygens (including phenoxy) is 1. The van der Waals surface area contributed by atoms with Gasteiger partial charge in [0.25, 0.3) is 0 Å². The second kappa shape index (κ2) is 3.96. The van der Waals surface area contributed by atoms with Crippen LogP contribution in [0.2, 0.25) is 0 Å². The van der Waals surface area contributed by atoms with Crippen molar-refractivity contribution < 1.29 is 9.53 Å². The van der Waals surface area contributed by atoms with Crippen molar-refractivity contribution in [2.75, 3.05) is 7.11 Å². The fourth-order valence-corrected chi connectivity index (χ4v) is 2.79. The number of methoxy groups -OCH3 is 1. The Hall–Kier alpha value is -0.840. The Morgan fingerprint density at radius 3 is 3.07 bits per heavy atom. The van der Waals surface area contributed by atoms with Gasteiger partial charge >= 0.3 is 5.97 Å². The van der Waals surface area contributed by atoms with Crippen LogP contribution in [0.15, 0.2) is 4.60 Å². The molecule has 0 saturated heterocycles. The molecule has 2 heterocycles. The lowest BCUT2D eigenvalue weighted by Gasteiger charge is -2.24. The molecule has 0 aliphatic carbocycles. The molecular weight excluding hydrogens is 260 g/mol. The lowest BCUT2D eigenvalue weighted by molar-refractivity contribution is -0.145. The number of carbonyl (C=O) groups is 1. The Morgan fingerprint density at radius 1 is 1.67 bits per heavy atom. The zero-order chi connectivity index (χ0) is 11.0. The Kier molecular flexibility index (Phi) is 2.82. The largest absolute Gasteiger partial charge is 0.467 e. The van der Waals surface area contributed by atoms with E-state index in [9.17, 15) is 4.79 Å². The number of nitrogens with zero attached hydrogens (tertiary/aromatic N) is 2. The van der Waals surface area contributed by atoms with Crippen LogP contribution in [-0.2, 0) is 16.0 Å². The maximum Gasteiger partial charge on any atom is 0.328 e. The van der Waals surface area contributed by atoms with E-state index in [4.69, 9.17) is 4.74 Å². The van der Waals surface area contributed by atoms with Gasteiger partial charge in [-0.2, -0.15) is 0 Å². The number of aromatic nitrogens is 2. The first kappa shape index (κ1) is 10.7. The number of hydrogen-bond donors (Lipinski definition) is 0. The molecule has 1 aromatic heterocycles. The molecule has 0 N–H and O–H groups in total. The zero-order valence-corrected chi connectivity index (χ0v) is 10.4. The number of imidazole rings is 1. The minimum atomic E-state index is -0.197. The SMILES string of the molecule is COC(=O)C1CCCc2c(Br)nc(C)n21. The highest BCUT2D eigenvalue weighted by atomic mass is 79.9. The average molecular weight is 273 g/mol. The number of rotatable bonds is 1. The first-order valence-corrected chi connectivity index (χ1v) is 5.75. The summed E-state index contributed by atoms with van der Waals surface area (Å²) in [5.41, 5.74) is 1.11. The molecule has 1 aromatic rings. The predicted molar refractivity (Wildman–Crippen MR) is 58.7 cm³/mol. The summed E-state index contributed by atoms with van der Waals surface area (Å²) in [6.07, 6.45) is 2.81. The van der Waals surface area contributed by atoms with Crippen LogP contribution < -0.4 is 0 Å². The van der Waals surface area contributed by atoms with Crippen molar-refractivity contribution in [2.45, 2.75) is 32.2 Å². The summed E-state index contributed by atoms with van der Waals surface area (Å²) in [5, 5.41) is 0. The summed E-state index contributed by atoms with van der Waals surface area (Å²) in [5.74, 6) is 0.691. The summed E-state index contributed by atoms with van der Waals surface area (Å²) in [6.45, 7) is 1.91. The third kappa shape index (κ3) is 1.69. The van der Waals surface area contributed by atoms with Gasteiger partial charge in [-0.15, -0.1) is 0 Å². The van der Waals surface area contributed by atoms with Gasteiger partial charge in [0.15, 0.2) is 0 Å². The molecule has 5 heteroatoms. The molecule has 4 nitrogen and oxygen atoms in total. The molecule has 15 heavy (non-hydrogen) atoms. The third-order valence-corrected chi connectivity index (χ3v) is 3.45.